The summed E-state index contributed by atoms with van der Waals surface area (Å²) >= 11 is 1.58. The van der Waals surface area contributed by atoms with Crippen LogP contribution < -0.4 is 4.90 Å². The van der Waals surface area contributed by atoms with Gasteiger partial charge in [-0.3, -0.25) is 10.1 Å². The van der Waals surface area contributed by atoms with E-state index in [4.69, 9.17) is 4.98 Å². The number of hydrogen-bond donors (Lipinski definition) is 0. The molecule has 2 aromatic carbocycles. The lowest BCUT2D eigenvalue weighted by Crippen LogP contribution is -2.39. The van der Waals surface area contributed by atoms with Crippen molar-refractivity contribution in [3.05, 3.63) is 80.8 Å². The number of nitro groups is 1. The van der Waals surface area contributed by atoms with E-state index in [1.807, 2.05) is 6.07 Å². The van der Waals surface area contributed by atoms with Gasteiger partial charge < -0.3 is 4.90 Å². The molecule has 0 amide bonds. The fourth-order valence-electron chi connectivity index (χ4n) is 3.88. The third kappa shape index (κ3) is 4.77. The van der Waals surface area contributed by atoms with Crippen molar-refractivity contribution < 1.29 is 13.3 Å². The van der Waals surface area contributed by atoms with Crippen molar-refractivity contribution >= 4 is 32.0 Å². The first-order valence-corrected chi connectivity index (χ1v) is 12.5. The van der Waals surface area contributed by atoms with E-state index < -0.39 is 20.0 Å². The van der Waals surface area contributed by atoms with Crippen molar-refractivity contribution in [2.24, 2.45) is 0 Å². The van der Waals surface area contributed by atoms with Crippen molar-refractivity contribution in [1.82, 2.24) is 4.98 Å². The van der Waals surface area contributed by atoms with Gasteiger partial charge in [0.2, 0.25) is 0 Å². The summed E-state index contributed by atoms with van der Waals surface area (Å²) in [5, 5.41) is 13.4. The van der Waals surface area contributed by atoms with Gasteiger partial charge in [-0.2, -0.15) is 0 Å². The third-order valence-corrected chi connectivity index (χ3v) is 8.73. The molecular formula is C22H23N3O4S2. The van der Waals surface area contributed by atoms with E-state index in [9.17, 15) is 18.5 Å². The van der Waals surface area contributed by atoms with E-state index in [0.717, 1.165) is 23.3 Å². The Morgan fingerprint density at radius 1 is 1.16 bits per heavy atom. The van der Waals surface area contributed by atoms with Crippen LogP contribution >= 0.6 is 11.3 Å². The predicted octanol–water partition coefficient (Wildman–Crippen LogP) is 4.39. The number of thiazole rings is 1. The van der Waals surface area contributed by atoms with Gasteiger partial charge in [0.1, 0.15) is 0 Å². The van der Waals surface area contributed by atoms with Gasteiger partial charge in [-0.15, -0.1) is 11.3 Å². The smallest absolute Gasteiger partial charge is 0.270 e. The first kappa shape index (κ1) is 21.5. The Kier molecular flexibility index (Phi) is 6.06. The number of aryl methyl sites for hydroxylation is 1. The van der Waals surface area contributed by atoms with E-state index in [0.29, 0.717) is 25.9 Å². The zero-order chi connectivity index (χ0) is 22.0. The van der Waals surface area contributed by atoms with Crippen molar-refractivity contribution in [1.29, 1.82) is 0 Å². The number of non-ortho nitro benzene ring substituents is 1. The molecule has 1 aromatic heterocycles. The third-order valence-electron chi connectivity index (χ3n) is 5.52. The average molecular weight is 458 g/mol. The standard InChI is InChI=1S/C22H23N3O4S2/c1-16-4-2-5-17(12-16)13-18-15-30-22(23-18)24-10-8-20(9-11-24)31(28,29)21-7-3-6-19(14-21)25(26)27/h2-7,12,14-15,20H,8-11,13H2,1H3. The minimum Gasteiger partial charge on any atom is -0.348 e. The first-order chi connectivity index (χ1) is 14.8. The van der Waals surface area contributed by atoms with Gasteiger partial charge >= 0.3 is 0 Å². The van der Waals surface area contributed by atoms with Gasteiger partial charge in [0.25, 0.3) is 5.69 Å². The Morgan fingerprint density at radius 3 is 2.61 bits per heavy atom. The van der Waals surface area contributed by atoms with Crippen LogP contribution in [0.2, 0.25) is 0 Å². The molecule has 2 heterocycles. The van der Waals surface area contributed by atoms with Crippen molar-refractivity contribution in [3.8, 4) is 0 Å². The normalized spacial score (nSPS) is 15.2. The lowest BCUT2D eigenvalue weighted by Gasteiger charge is -2.31. The number of piperidine rings is 1. The first-order valence-electron chi connectivity index (χ1n) is 10.1. The highest BCUT2D eigenvalue weighted by Gasteiger charge is 2.32. The van der Waals surface area contributed by atoms with Crippen LogP contribution in [0.15, 0.2) is 58.8 Å². The summed E-state index contributed by atoms with van der Waals surface area (Å²) in [4.78, 5) is 17.3. The van der Waals surface area contributed by atoms with Crippen LogP contribution in [0.5, 0.6) is 0 Å². The summed E-state index contributed by atoms with van der Waals surface area (Å²) in [7, 11) is -3.61. The predicted molar refractivity (Wildman–Crippen MR) is 122 cm³/mol. The van der Waals surface area contributed by atoms with Gasteiger partial charge in [0.15, 0.2) is 15.0 Å². The highest BCUT2D eigenvalue weighted by Crippen LogP contribution is 2.30. The van der Waals surface area contributed by atoms with Crippen molar-refractivity contribution in [2.75, 3.05) is 18.0 Å². The Balaban J connectivity index is 1.41. The number of benzene rings is 2. The zero-order valence-corrected chi connectivity index (χ0v) is 18.7. The largest absolute Gasteiger partial charge is 0.348 e. The summed E-state index contributed by atoms with van der Waals surface area (Å²) < 4.78 is 26.0. The highest BCUT2D eigenvalue weighted by atomic mass is 32.2. The van der Waals surface area contributed by atoms with Gasteiger partial charge in [-0.25, -0.2) is 13.4 Å². The maximum Gasteiger partial charge on any atom is 0.270 e. The number of nitrogens with zero attached hydrogens (tertiary/aromatic N) is 3. The number of sulfone groups is 1. The van der Waals surface area contributed by atoms with Gasteiger partial charge in [-0.05, 0) is 31.4 Å². The number of aromatic nitrogens is 1. The second kappa shape index (κ2) is 8.76. The van der Waals surface area contributed by atoms with E-state index in [1.165, 1.54) is 29.3 Å². The molecule has 0 radical (unpaired) electrons. The molecule has 0 unspecified atom stereocenters. The molecule has 0 bridgehead atoms. The molecule has 0 N–H and O–H groups in total. The molecule has 1 aliphatic heterocycles. The molecule has 0 aliphatic carbocycles. The lowest BCUT2D eigenvalue weighted by molar-refractivity contribution is -0.385. The van der Waals surface area contributed by atoms with Gasteiger partial charge in [0, 0.05) is 37.0 Å². The summed E-state index contributed by atoms with van der Waals surface area (Å²) in [6, 6.07) is 13.7. The van der Waals surface area contributed by atoms with Crippen molar-refractivity contribution in [3.63, 3.8) is 0 Å². The summed E-state index contributed by atoms with van der Waals surface area (Å²) in [5.41, 5.74) is 3.25. The molecule has 0 atom stereocenters. The van der Waals surface area contributed by atoms with Crippen LogP contribution in [0, 0.1) is 17.0 Å². The minimum atomic E-state index is -3.61. The lowest BCUT2D eigenvalue weighted by atomic mass is 10.1. The van der Waals surface area contributed by atoms with Gasteiger partial charge in [-0.1, -0.05) is 35.9 Å². The number of hydrogen-bond acceptors (Lipinski definition) is 7. The number of rotatable bonds is 6. The zero-order valence-electron chi connectivity index (χ0n) is 17.1. The van der Waals surface area contributed by atoms with E-state index in [-0.39, 0.29) is 10.6 Å². The topological polar surface area (TPSA) is 93.4 Å². The molecule has 1 saturated heterocycles. The van der Waals surface area contributed by atoms with Crippen LogP contribution in [0.4, 0.5) is 10.8 Å². The molecule has 1 fully saturated rings. The molecule has 9 heteroatoms. The number of nitro benzene ring substituents is 1. The Hall–Kier alpha value is -2.78. The SMILES string of the molecule is Cc1cccc(Cc2csc(N3CCC(S(=O)(=O)c4cccc([N+](=O)[O-])c4)CC3)n2)c1. The fraction of sp³-hybridized carbons (Fsp3) is 0.318. The van der Waals surface area contributed by atoms with Crippen LogP contribution in [-0.4, -0.2) is 36.7 Å². The Morgan fingerprint density at radius 2 is 1.90 bits per heavy atom. The quantitative estimate of drug-likeness (QED) is 0.402. The average Bonchev–Trinajstić information content (AvgIpc) is 3.22. The summed E-state index contributed by atoms with van der Waals surface area (Å²) in [5.74, 6) is 0. The maximum absolute atomic E-state index is 13.0. The summed E-state index contributed by atoms with van der Waals surface area (Å²) in [6.45, 7) is 3.26. The minimum absolute atomic E-state index is 0.0230. The van der Waals surface area contributed by atoms with Gasteiger partial charge in [0.05, 0.1) is 20.8 Å². The Labute approximate surface area is 185 Å². The van der Waals surface area contributed by atoms with Crippen LogP contribution in [-0.2, 0) is 16.3 Å². The molecule has 4 rings (SSSR count). The van der Waals surface area contributed by atoms with Crippen LogP contribution in [0.1, 0.15) is 29.7 Å². The van der Waals surface area contributed by atoms with Crippen molar-refractivity contribution in [2.45, 2.75) is 36.3 Å². The molecule has 31 heavy (non-hydrogen) atoms. The maximum atomic E-state index is 13.0. The van der Waals surface area contributed by atoms with E-state index >= 15 is 0 Å². The van der Waals surface area contributed by atoms with Crippen LogP contribution in [0.3, 0.4) is 0 Å². The second-order valence-electron chi connectivity index (χ2n) is 7.77. The highest BCUT2D eigenvalue weighted by molar-refractivity contribution is 7.92. The molecule has 0 spiro atoms. The summed E-state index contributed by atoms with van der Waals surface area (Å²) in [6.07, 6.45) is 1.71. The molecular weight excluding hydrogens is 434 g/mol. The number of anilines is 1. The molecule has 3 aromatic rings. The molecule has 162 valence electrons. The molecule has 1 aliphatic rings. The second-order valence-corrected chi connectivity index (χ2v) is 10.8. The van der Waals surface area contributed by atoms with Crippen LogP contribution in [0.25, 0.3) is 0 Å². The monoisotopic (exact) mass is 457 g/mol. The Bertz CT molecular complexity index is 1200. The molecule has 0 saturated carbocycles. The van der Waals surface area contributed by atoms with E-state index in [1.54, 1.807) is 11.3 Å². The fourth-order valence-corrected chi connectivity index (χ4v) is 6.53. The molecule has 7 nitrogen and oxygen atoms in total. The van der Waals surface area contributed by atoms with E-state index in [2.05, 4.69) is 35.4 Å².